The second kappa shape index (κ2) is 5.35. The Kier molecular flexibility index (Phi) is 4.09. The van der Waals surface area contributed by atoms with Gasteiger partial charge in [-0.3, -0.25) is 0 Å². The van der Waals surface area contributed by atoms with Gasteiger partial charge in [-0.25, -0.2) is 0 Å². The first-order chi connectivity index (χ1) is 9.41. The van der Waals surface area contributed by atoms with Crippen LogP contribution in [0.2, 0.25) is 0 Å². The molecule has 0 aromatic rings. The zero-order valence-corrected chi connectivity index (χ0v) is 12.3. The standard InChI is InChI=1S/C16H24N2O2/c1-15(9-17)6-3-11(5-8-19)13-12(15)4-7-16(2,10-18)14(13)20/h11-14,19-20H,3-8H2,1-2H3/t11-,12+,13-,14+,15+,16-/m1/s1. The minimum absolute atomic E-state index is 0.0426. The fraction of sp³-hybridized carbons (Fsp3) is 0.875. The fourth-order valence-electron chi connectivity index (χ4n) is 4.40. The number of aliphatic hydroxyl groups is 2. The molecule has 2 fully saturated rings. The molecule has 0 aromatic carbocycles. The molecule has 2 aliphatic rings. The first-order valence-electron chi connectivity index (χ1n) is 7.53. The van der Waals surface area contributed by atoms with Crippen molar-refractivity contribution in [1.82, 2.24) is 0 Å². The summed E-state index contributed by atoms with van der Waals surface area (Å²) in [6.45, 7) is 3.91. The summed E-state index contributed by atoms with van der Waals surface area (Å²) in [5.41, 5.74) is -1.13. The molecule has 0 heterocycles. The van der Waals surface area contributed by atoms with E-state index in [2.05, 4.69) is 12.1 Å². The van der Waals surface area contributed by atoms with Crippen LogP contribution in [0.25, 0.3) is 0 Å². The summed E-state index contributed by atoms with van der Waals surface area (Å²) in [7, 11) is 0. The molecular weight excluding hydrogens is 252 g/mol. The van der Waals surface area contributed by atoms with Gasteiger partial charge in [0.2, 0.25) is 0 Å². The zero-order valence-electron chi connectivity index (χ0n) is 12.3. The fourth-order valence-corrected chi connectivity index (χ4v) is 4.40. The van der Waals surface area contributed by atoms with Crippen molar-refractivity contribution in [1.29, 1.82) is 10.5 Å². The van der Waals surface area contributed by atoms with Crippen molar-refractivity contribution >= 4 is 0 Å². The second-order valence-electron chi connectivity index (χ2n) is 7.04. The average molecular weight is 276 g/mol. The Morgan fingerprint density at radius 2 is 1.70 bits per heavy atom. The van der Waals surface area contributed by atoms with Crippen molar-refractivity contribution in [3.63, 3.8) is 0 Å². The molecule has 0 aromatic heterocycles. The van der Waals surface area contributed by atoms with Crippen LogP contribution in [0.1, 0.15) is 46.0 Å². The van der Waals surface area contributed by atoms with E-state index in [1.165, 1.54) is 0 Å². The monoisotopic (exact) mass is 276 g/mol. The van der Waals surface area contributed by atoms with Crippen LogP contribution < -0.4 is 0 Å². The van der Waals surface area contributed by atoms with Crippen LogP contribution in [0.3, 0.4) is 0 Å². The molecule has 110 valence electrons. The van der Waals surface area contributed by atoms with Crippen LogP contribution in [0.5, 0.6) is 0 Å². The molecule has 2 N–H and O–H groups in total. The summed E-state index contributed by atoms with van der Waals surface area (Å²) in [6, 6.07) is 4.73. The Morgan fingerprint density at radius 1 is 1.10 bits per heavy atom. The molecule has 0 radical (unpaired) electrons. The van der Waals surface area contributed by atoms with Crippen molar-refractivity contribution in [3.05, 3.63) is 0 Å². The van der Waals surface area contributed by atoms with Gasteiger partial charge >= 0.3 is 0 Å². The van der Waals surface area contributed by atoms with E-state index in [0.29, 0.717) is 12.8 Å². The quantitative estimate of drug-likeness (QED) is 0.809. The Bertz CT molecular complexity index is 452. The molecule has 6 atom stereocenters. The Balaban J connectivity index is 2.36. The van der Waals surface area contributed by atoms with E-state index >= 15 is 0 Å². The van der Waals surface area contributed by atoms with Crippen molar-refractivity contribution in [3.8, 4) is 12.1 Å². The van der Waals surface area contributed by atoms with Crippen LogP contribution >= 0.6 is 0 Å². The predicted molar refractivity (Wildman–Crippen MR) is 74.1 cm³/mol. The highest BCUT2D eigenvalue weighted by Crippen LogP contribution is 2.57. The Morgan fingerprint density at radius 3 is 2.25 bits per heavy atom. The average Bonchev–Trinajstić information content (AvgIpc) is 2.46. The van der Waals surface area contributed by atoms with Crippen LogP contribution in [-0.2, 0) is 0 Å². The van der Waals surface area contributed by atoms with E-state index in [-0.39, 0.29) is 24.4 Å². The molecule has 4 nitrogen and oxygen atoms in total. The maximum absolute atomic E-state index is 10.7. The van der Waals surface area contributed by atoms with Crippen molar-refractivity contribution < 1.29 is 10.2 Å². The molecule has 2 aliphatic carbocycles. The number of fused-ring (bicyclic) bond motifs is 1. The Hall–Kier alpha value is -1.10. The molecule has 0 bridgehead atoms. The highest BCUT2D eigenvalue weighted by atomic mass is 16.3. The number of aliphatic hydroxyl groups excluding tert-OH is 2. The van der Waals surface area contributed by atoms with Gasteiger partial charge in [-0.05, 0) is 63.7 Å². The van der Waals surface area contributed by atoms with E-state index in [4.69, 9.17) is 0 Å². The summed E-state index contributed by atoms with van der Waals surface area (Å²) in [5.74, 6) is 0.308. The van der Waals surface area contributed by atoms with Gasteiger partial charge in [0, 0.05) is 6.61 Å². The maximum Gasteiger partial charge on any atom is 0.0807 e. The molecule has 2 rings (SSSR count). The molecule has 0 aliphatic heterocycles. The lowest BCUT2D eigenvalue weighted by molar-refractivity contribution is -0.115. The van der Waals surface area contributed by atoms with Gasteiger partial charge in [0.15, 0.2) is 0 Å². The van der Waals surface area contributed by atoms with E-state index in [1.54, 1.807) is 0 Å². The summed E-state index contributed by atoms with van der Waals surface area (Å²) >= 11 is 0. The van der Waals surface area contributed by atoms with Crippen LogP contribution in [0, 0.1) is 51.2 Å². The molecule has 4 heteroatoms. The summed E-state index contributed by atoms with van der Waals surface area (Å²) in [4.78, 5) is 0. The van der Waals surface area contributed by atoms with Crippen LogP contribution in [0.15, 0.2) is 0 Å². The molecule has 0 amide bonds. The largest absolute Gasteiger partial charge is 0.396 e. The summed E-state index contributed by atoms with van der Waals surface area (Å²) in [6.07, 6.45) is 3.10. The van der Waals surface area contributed by atoms with E-state index in [1.807, 2.05) is 13.8 Å². The van der Waals surface area contributed by atoms with E-state index < -0.39 is 16.9 Å². The van der Waals surface area contributed by atoms with Gasteiger partial charge in [0.1, 0.15) is 0 Å². The zero-order chi connectivity index (χ0) is 15.0. The molecule has 2 saturated carbocycles. The van der Waals surface area contributed by atoms with Gasteiger partial charge in [0.25, 0.3) is 0 Å². The predicted octanol–water partition coefficient (Wildman–Crippen LogP) is 2.23. The molecule has 20 heavy (non-hydrogen) atoms. The maximum atomic E-state index is 10.7. The third-order valence-corrected chi connectivity index (χ3v) is 5.86. The number of nitrogens with zero attached hydrogens (tertiary/aromatic N) is 2. The van der Waals surface area contributed by atoms with Gasteiger partial charge in [-0.1, -0.05) is 0 Å². The highest BCUT2D eigenvalue weighted by Gasteiger charge is 2.56. The second-order valence-corrected chi connectivity index (χ2v) is 7.04. The van der Waals surface area contributed by atoms with E-state index in [0.717, 1.165) is 19.3 Å². The lowest BCUT2D eigenvalue weighted by Gasteiger charge is -2.54. The first kappa shape index (κ1) is 15.3. The highest BCUT2D eigenvalue weighted by molar-refractivity contribution is 5.15. The van der Waals surface area contributed by atoms with Gasteiger partial charge in [-0.15, -0.1) is 0 Å². The minimum atomic E-state index is -0.720. The van der Waals surface area contributed by atoms with Crippen LogP contribution in [-0.4, -0.2) is 22.9 Å². The van der Waals surface area contributed by atoms with Crippen molar-refractivity contribution in [2.45, 2.75) is 52.1 Å². The first-order valence-corrected chi connectivity index (χ1v) is 7.53. The SMILES string of the molecule is C[C@]1(C#N)CC[C@H]2[C@@H]([C@@H](CCO)CC[C@@]2(C)C#N)[C@@H]1O. The molecule has 0 unspecified atom stereocenters. The smallest absolute Gasteiger partial charge is 0.0807 e. The summed E-state index contributed by atoms with van der Waals surface area (Å²) in [5, 5.41) is 38.9. The van der Waals surface area contributed by atoms with Gasteiger partial charge in [0.05, 0.1) is 29.1 Å². The third kappa shape index (κ3) is 2.22. The number of hydrogen-bond donors (Lipinski definition) is 2. The van der Waals surface area contributed by atoms with Crippen molar-refractivity contribution in [2.75, 3.05) is 6.61 Å². The van der Waals surface area contributed by atoms with Crippen molar-refractivity contribution in [2.24, 2.45) is 28.6 Å². The molecule has 0 saturated heterocycles. The third-order valence-electron chi connectivity index (χ3n) is 5.86. The topological polar surface area (TPSA) is 88.0 Å². The van der Waals surface area contributed by atoms with E-state index in [9.17, 15) is 20.7 Å². The van der Waals surface area contributed by atoms with Gasteiger partial charge < -0.3 is 10.2 Å². The normalized spacial score (nSPS) is 47.9. The number of hydrogen-bond acceptors (Lipinski definition) is 4. The molecule has 0 spiro atoms. The number of rotatable bonds is 2. The van der Waals surface area contributed by atoms with Crippen LogP contribution in [0.4, 0.5) is 0 Å². The lowest BCUT2D eigenvalue weighted by Crippen LogP contribution is -2.54. The number of nitriles is 2. The van der Waals surface area contributed by atoms with Gasteiger partial charge in [-0.2, -0.15) is 10.5 Å². The minimum Gasteiger partial charge on any atom is -0.396 e. The lowest BCUT2D eigenvalue weighted by atomic mass is 9.50. The molecular formula is C16H24N2O2. The summed E-state index contributed by atoms with van der Waals surface area (Å²) < 4.78 is 0. The Labute approximate surface area is 121 Å².